The predicted molar refractivity (Wildman–Crippen MR) is 113 cm³/mol. The molecule has 1 aromatic heterocycles. The number of morpholine rings is 1. The van der Waals surface area contributed by atoms with E-state index in [-0.39, 0.29) is 22.1 Å². The van der Waals surface area contributed by atoms with Crippen LogP contribution in [0.15, 0.2) is 28.3 Å². The molecule has 1 N–H and O–H groups in total. The molecule has 1 amide bonds. The Morgan fingerprint density at radius 3 is 2.66 bits per heavy atom. The van der Waals surface area contributed by atoms with Crippen LogP contribution in [0.2, 0.25) is 0 Å². The summed E-state index contributed by atoms with van der Waals surface area (Å²) in [6, 6.07) is 3.46. The normalized spacial score (nSPS) is 27.3. The number of ether oxygens (including phenoxy) is 1. The van der Waals surface area contributed by atoms with E-state index in [1.54, 1.807) is 12.1 Å². The SMILES string of the molecule is C[C@H]1[C@@H](C)CCC[C@H]1NC(=O)[C@H](C)Sc1ccc(S(=O)(=O)N2CCOCC2)cn1. The molecule has 1 aromatic rings. The first-order chi connectivity index (χ1) is 13.8. The van der Waals surface area contributed by atoms with Gasteiger partial charge in [0.05, 0.1) is 23.5 Å². The van der Waals surface area contributed by atoms with E-state index in [1.165, 1.54) is 28.7 Å². The minimum Gasteiger partial charge on any atom is -0.379 e. The highest BCUT2D eigenvalue weighted by Crippen LogP contribution is 2.30. The lowest BCUT2D eigenvalue weighted by Crippen LogP contribution is -2.46. The Morgan fingerprint density at radius 2 is 2.00 bits per heavy atom. The number of rotatable bonds is 6. The Labute approximate surface area is 178 Å². The number of carbonyl (C=O) groups is 1. The van der Waals surface area contributed by atoms with Crippen molar-refractivity contribution in [3.8, 4) is 0 Å². The number of hydrogen-bond donors (Lipinski definition) is 1. The van der Waals surface area contributed by atoms with E-state index in [0.717, 1.165) is 12.8 Å². The van der Waals surface area contributed by atoms with Gasteiger partial charge in [-0.2, -0.15) is 4.31 Å². The summed E-state index contributed by atoms with van der Waals surface area (Å²) < 4.78 is 32.0. The number of nitrogens with zero attached hydrogens (tertiary/aromatic N) is 2. The van der Waals surface area contributed by atoms with Crippen LogP contribution in [-0.4, -0.2) is 61.2 Å². The highest BCUT2D eigenvalue weighted by atomic mass is 32.2. The molecular formula is C20H31N3O4S2. The first-order valence-electron chi connectivity index (χ1n) is 10.3. The molecule has 0 radical (unpaired) electrons. The maximum atomic E-state index is 12.7. The van der Waals surface area contributed by atoms with E-state index < -0.39 is 10.0 Å². The first-order valence-corrected chi connectivity index (χ1v) is 12.6. The fourth-order valence-corrected chi connectivity index (χ4v) is 6.00. The van der Waals surface area contributed by atoms with Gasteiger partial charge < -0.3 is 10.1 Å². The molecule has 29 heavy (non-hydrogen) atoms. The molecule has 7 nitrogen and oxygen atoms in total. The van der Waals surface area contributed by atoms with Crippen LogP contribution < -0.4 is 5.32 Å². The molecule has 0 unspecified atom stereocenters. The molecule has 1 aliphatic carbocycles. The summed E-state index contributed by atoms with van der Waals surface area (Å²) in [5.74, 6) is 1.11. The van der Waals surface area contributed by atoms with Gasteiger partial charge in [0.25, 0.3) is 0 Å². The molecule has 2 fully saturated rings. The smallest absolute Gasteiger partial charge is 0.244 e. The molecule has 1 aliphatic heterocycles. The topological polar surface area (TPSA) is 88.6 Å². The third-order valence-corrected chi connectivity index (χ3v) is 8.95. The van der Waals surface area contributed by atoms with Gasteiger partial charge in [-0.3, -0.25) is 4.79 Å². The van der Waals surface area contributed by atoms with E-state index in [0.29, 0.717) is 43.2 Å². The minimum absolute atomic E-state index is 0.00719. The Bertz CT molecular complexity index is 794. The van der Waals surface area contributed by atoms with Gasteiger partial charge in [0.15, 0.2) is 0 Å². The molecule has 2 heterocycles. The molecule has 0 bridgehead atoms. The van der Waals surface area contributed by atoms with Crippen molar-refractivity contribution in [1.29, 1.82) is 0 Å². The number of thioether (sulfide) groups is 1. The third-order valence-electron chi connectivity index (χ3n) is 6.02. The summed E-state index contributed by atoms with van der Waals surface area (Å²) in [7, 11) is -3.55. The summed E-state index contributed by atoms with van der Waals surface area (Å²) >= 11 is 1.35. The second-order valence-electron chi connectivity index (χ2n) is 7.99. The number of sulfonamides is 1. The summed E-state index contributed by atoms with van der Waals surface area (Å²) in [5.41, 5.74) is 0. The van der Waals surface area contributed by atoms with E-state index in [1.807, 2.05) is 6.92 Å². The average Bonchev–Trinajstić information content (AvgIpc) is 2.72. The van der Waals surface area contributed by atoms with Gasteiger partial charge in [0.1, 0.15) is 4.90 Å². The maximum absolute atomic E-state index is 12.7. The van der Waals surface area contributed by atoms with Crippen LogP contribution in [-0.2, 0) is 19.6 Å². The van der Waals surface area contributed by atoms with Crippen LogP contribution in [0.25, 0.3) is 0 Å². The lowest BCUT2D eigenvalue weighted by molar-refractivity contribution is -0.121. The Morgan fingerprint density at radius 1 is 1.28 bits per heavy atom. The molecule has 1 saturated carbocycles. The second-order valence-corrected chi connectivity index (χ2v) is 11.3. The standard InChI is InChI=1S/C20H31N3O4S2/c1-14-5-4-6-18(15(14)2)22-20(24)16(3)28-19-8-7-17(13-21-19)29(25,26)23-9-11-27-12-10-23/h7-8,13-16,18H,4-6,9-12H2,1-3H3,(H,22,24)/t14-,15-,16-,18+/m0/s1. The fourth-order valence-electron chi connectivity index (χ4n) is 3.85. The maximum Gasteiger partial charge on any atom is 0.244 e. The number of amides is 1. The van der Waals surface area contributed by atoms with E-state index in [9.17, 15) is 13.2 Å². The lowest BCUT2D eigenvalue weighted by Gasteiger charge is -2.35. The first kappa shape index (κ1) is 22.5. The molecule has 9 heteroatoms. The summed E-state index contributed by atoms with van der Waals surface area (Å²) in [6.45, 7) is 7.84. The summed E-state index contributed by atoms with van der Waals surface area (Å²) in [4.78, 5) is 17.1. The van der Waals surface area contributed by atoms with E-state index in [4.69, 9.17) is 4.74 Å². The largest absolute Gasteiger partial charge is 0.379 e. The van der Waals surface area contributed by atoms with Gasteiger partial charge in [-0.15, -0.1) is 0 Å². The predicted octanol–water partition coefficient (Wildman–Crippen LogP) is 2.52. The van der Waals surface area contributed by atoms with Crippen molar-refractivity contribution in [3.63, 3.8) is 0 Å². The fraction of sp³-hybridized carbons (Fsp3) is 0.700. The number of aromatic nitrogens is 1. The van der Waals surface area contributed by atoms with Gasteiger partial charge in [0.2, 0.25) is 15.9 Å². The number of hydrogen-bond acceptors (Lipinski definition) is 6. The van der Waals surface area contributed by atoms with Crippen LogP contribution in [0, 0.1) is 11.8 Å². The van der Waals surface area contributed by atoms with Crippen molar-refractivity contribution < 1.29 is 17.9 Å². The third kappa shape index (κ3) is 5.51. The minimum atomic E-state index is -3.55. The summed E-state index contributed by atoms with van der Waals surface area (Å²) in [5, 5.41) is 3.54. The molecule has 0 aromatic carbocycles. The number of carbonyl (C=O) groups excluding carboxylic acids is 1. The van der Waals surface area contributed by atoms with Crippen LogP contribution >= 0.6 is 11.8 Å². The van der Waals surface area contributed by atoms with E-state index in [2.05, 4.69) is 24.1 Å². The zero-order valence-corrected chi connectivity index (χ0v) is 19.0. The van der Waals surface area contributed by atoms with Gasteiger partial charge in [-0.25, -0.2) is 13.4 Å². The zero-order valence-electron chi connectivity index (χ0n) is 17.3. The van der Waals surface area contributed by atoms with Crippen LogP contribution in [0.3, 0.4) is 0 Å². The summed E-state index contributed by atoms with van der Waals surface area (Å²) in [6.07, 6.45) is 4.78. The Balaban J connectivity index is 1.58. The van der Waals surface area contributed by atoms with Crippen molar-refractivity contribution in [2.75, 3.05) is 26.3 Å². The Kier molecular flexibility index (Phi) is 7.58. The monoisotopic (exact) mass is 441 g/mol. The number of pyridine rings is 1. The quantitative estimate of drug-likeness (QED) is 0.683. The van der Waals surface area contributed by atoms with Crippen LogP contribution in [0.4, 0.5) is 0 Å². The van der Waals surface area contributed by atoms with Crippen LogP contribution in [0.1, 0.15) is 40.0 Å². The van der Waals surface area contributed by atoms with Crippen molar-refractivity contribution in [3.05, 3.63) is 18.3 Å². The van der Waals surface area contributed by atoms with Gasteiger partial charge in [-0.05, 0) is 37.3 Å². The molecule has 0 spiro atoms. The second kappa shape index (κ2) is 9.76. The highest BCUT2D eigenvalue weighted by molar-refractivity contribution is 8.00. The molecular weight excluding hydrogens is 410 g/mol. The molecule has 162 valence electrons. The molecule has 2 aliphatic rings. The molecule has 3 rings (SSSR count). The highest BCUT2D eigenvalue weighted by Gasteiger charge is 2.30. The molecule has 4 atom stereocenters. The van der Waals surface area contributed by atoms with E-state index >= 15 is 0 Å². The van der Waals surface area contributed by atoms with Crippen molar-refractivity contribution in [2.24, 2.45) is 11.8 Å². The van der Waals surface area contributed by atoms with Gasteiger partial charge >= 0.3 is 0 Å². The number of nitrogens with one attached hydrogen (secondary N) is 1. The van der Waals surface area contributed by atoms with Crippen molar-refractivity contribution in [2.45, 2.75) is 61.2 Å². The van der Waals surface area contributed by atoms with Crippen LogP contribution in [0.5, 0.6) is 0 Å². The van der Waals surface area contributed by atoms with Crippen molar-refractivity contribution >= 4 is 27.7 Å². The lowest BCUT2D eigenvalue weighted by atomic mass is 9.78. The van der Waals surface area contributed by atoms with Gasteiger partial charge in [0, 0.05) is 25.3 Å². The van der Waals surface area contributed by atoms with Crippen molar-refractivity contribution in [1.82, 2.24) is 14.6 Å². The molecule has 1 saturated heterocycles. The zero-order chi connectivity index (χ0) is 21.0. The Hall–Kier alpha value is -1.16. The average molecular weight is 442 g/mol. The van der Waals surface area contributed by atoms with Gasteiger partial charge in [-0.1, -0.05) is 38.5 Å².